The van der Waals surface area contributed by atoms with E-state index in [0.29, 0.717) is 11.6 Å². The van der Waals surface area contributed by atoms with Crippen molar-refractivity contribution in [3.05, 3.63) is 59.8 Å². The van der Waals surface area contributed by atoms with E-state index in [2.05, 4.69) is 15.6 Å². The van der Waals surface area contributed by atoms with Gasteiger partial charge in [-0.1, -0.05) is 30.3 Å². The number of anilines is 1. The van der Waals surface area contributed by atoms with Crippen molar-refractivity contribution in [3.8, 4) is 0 Å². The van der Waals surface area contributed by atoms with Crippen molar-refractivity contribution in [1.29, 1.82) is 0 Å². The van der Waals surface area contributed by atoms with Crippen molar-refractivity contribution >= 4 is 17.7 Å². The predicted molar refractivity (Wildman–Crippen MR) is 89.9 cm³/mol. The number of hydrogen-bond donors (Lipinski definition) is 3. The first kappa shape index (κ1) is 16.0. The van der Waals surface area contributed by atoms with Crippen molar-refractivity contribution in [2.24, 2.45) is 0 Å². The summed E-state index contributed by atoms with van der Waals surface area (Å²) in [6.07, 6.45) is 3.98. The molecule has 1 heterocycles. The molecular weight excluding hydrogens is 306 g/mol. The quantitative estimate of drug-likeness (QED) is 0.725. The Labute approximate surface area is 139 Å². The molecule has 1 atom stereocenters. The highest BCUT2D eigenvalue weighted by Crippen LogP contribution is 2.23. The molecule has 1 aliphatic carbocycles. The number of carbonyl (C=O) groups excluding carboxylic acids is 1. The third-order valence-electron chi connectivity index (χ3n) is 3.84. The highest BCUT2D eigenvalue weighted by molar-refractivity contribution is 5.96. The number of rotatable bonds is 7. The summed E-state index contributed by atoms with van der Waals surface area (Å²) in [7, 11) is 0. The number of aliphatic carboxylic acids is 1. The summed E-state index contributed by atoms with van der Waals surface area (Å²) < 4.78 is 0. The fourth-order valence-corrected chi connectivity index (χ4v) is 2.34. The molecule has 0 bridgehead atoms. The molecule has 6 heteroatoms. The summed E-state index contributed by atoms with van der Waals surface area (Å²) in [5.41, 5.74) is 1.20. The third kappa shape index (κ3) is 4.32. The number of nitrogens with zero attached hydrogens (tertiary/aromatic N) is 1. The highest BCUT2D eigenvalue weighted by atomic mass is 16.4. The molecule has 1 aromatic heterocycles. The van der Waals surface area contributed by atoms with Crippen LogP contribution in [0.5, 0.6) is 0 Å². The first-order valence-electron chi connectivity index (χ1n) is 7.92. The number of amides is 1. The second-order valence-electron chi connectivity index (χ2n) is 5.90. The molecule has 3 rings (SSSR count). The number of carboxylic acids is 1. The maximum atomic E-state index is 12.3. The van der Waals surface area contributed by atoms with Gasteiger partial charge in [-0.2, -0.15) is 0 Å². The Morgan fingerprint density at radius 3 is 2.50 bits per heavy atom. The molecule has 0 spiro atoms. The largest absolute Gasteiger partial charge is 0.480 e. The van der Waals surface area contributed by atoms with E-state index in [1.165, 1.54) is 6.20 Å². The lowest BCUT2D eigenvalue weighted by atomic mass is 10.1. The summed E-state index contributed by atoms with van der Waals surface area (Å²) in [6.45, 7) is 0. The van der Waals surface area contributed by atoms with Crippen LogP contribution in [0.3, 0.4) is 0 Å². The lowest BCUT2D eigenvalue weighted by molar-refractivity contribution is -0.139. The second kappa shape index (κ2) is 7.12. The lowest BCUT2D eigenvalue weighted by Gasteiger charge is -2.14. The molecule has 1 amide bonds. The van der Waals surface area contributed by atoms with E-state index in [4.69, 9.17) is 0 Å². The normalized spacial score (nSPS) is 14.7. The number of carbonyl (C=O) groups is 2. The molecule has 0 saturated heterocycles. The molecule has 0 unspecified atom stereocenters. The second-order valence-corrected chi connectivity index (χ2v) is 5.90. The Morgan fingerprint density at radius 2 is 1.92 bits per heavy atom. The minimum absolute atomic E-state index is 0.233. The van der Waals surface area contributed by atoms with E-state index in [1.807, 2.05) is 30.3 Å². The van der Waals surface area contributed by atoms with Crippen LogP contribution in [0.15, 0.2) is 48.7 Å². The average Bonchev–Trinajstić information content (AvgIpc) is 3.39. The molecule has 3 N–H and O–H groups in total. The first-order chi connectivity index (χ1) is 11.6. The van der Waals surface area contributed by atoms with Crippen LogP contribution in [0.4, 0.5) is 5.82 Å². The molecule has 1 fully saturated rings. The van der Waals surface area contributed by atoms with Crippen LogP contribution in [0.1, 0.15) is 28.8 Å². The zero-order valence-electron chi connectivity index (χ0n) is 13.1. The van der Waals surface area contributed by atoms with Gasteiger partial charge in [-0.3, -0.25) is 4.79 Å². The fraction of sp³-hybridized carbons (Fsp3) is 0.278. The molecule has 0 radical (unpaired) electrons. The average molecular weight is 325 g/mol. The van der Waals surface area contributed by atoms with Crippen LogP contribution in [0, 0.1) is 0 Å². The summed E-state index contributed by atoms with van der Waals surface area (Å²) in [6, 6.07) is 12.1. The van der Waals surface area contributed by atoms with Gasteiger partial charge in [0.25, 0.3) is 5.91 Å². The van der Waals surface area contributed by atoms with Gasteiger partial charge in [0.05, 0.1) is 5.56 Å². The number of nitrogens with one attached hydrogen (secondary N) is 2. The van der Waals surface area contributed by atoms with Gasteiger partial charge in [-0.25, -0.2) is 9.78 Å². The first-order valence-corrected chi connectivity index (χ1v) is 7.92. The topological polar surface area (TPSA) is 91.3 Å². The van der Waals surface area contributed by atoms with Crippen LogP contribution < -0.4 is 10.6 Å². The van der Waals surface area contributed by atoms with Crippen molar-refractivity contribution in [1.82, 2.24) is 10.3 Å². The molecule has 0 aliphatic heterocycles. The van der Waals surface area contributed by atoms with Crippen molar-refractivity contribution in [2.45, 2.75) is 31.3 Å². The zero-order chi connectivity index (χ0) is 16.9. The number of aromatic nitrogens is 1. The van der Waals surface area contributed by atoms with E-state index in [1.54, 1.807) is 12.1 Å². The Balaban J connectivity index is 1.63. The molecular formula is C18H19N3O3. The number of carboxylic acid groups (broad SMARTS) is 1. The maximum absolute atomic E-state index is 12.3. The summed E-state index contributed by atoms with van der Waals surface area (Å²) in [4.78, 5) is 27.9. The van der Waals surface area contributed by atoms with Gasteiger partial charge in [-0.15, -0.1) is 0 Å². The molecule has 1 aromatic carbocycles. The van der Waals surface area contributed by atoms with Gasteiger partial charge >= 0.3 is 5.97 Å². The molecule has 1 aliphatic rings. The Morgan fingerprint density at radius 1 is 1.17 bits per heavy atom. The standard InChI is InChI=1S/C18H19N3O3/c22-17(13-6-9-16(19-11-13)20-14-7-8-14)21-15(18(23)24)10-12-4-2-1-3-5-12/h1-6,9,11,14-15H,7-8,10H2,(H,19,20)(H,21,22)(H,23,24)/t15-/m0/s1. The van der Waals surface area contributed by atoms with Gasteiger partial charge in [0.15, 0.2) is 0 Å². The number of benzene rings is 1. The van der Waals surface area contributed by atoms with Gasteiger partial charge in [0.1, 0.15) is 11.9 Å². The van der Waals surface area contributed by atoms with Crippen LogP contribution >= 0.6 is 0 Å². The number of pyridine rings is 1. The maximum Gasteiger partial charge on any atom is 0.326 e. The van der Waals surface area contributed by atoms with E-state index >= 15 is 0 Å². The summed E-state index contributed by atoms with van der Waals surface area (Å²) in [5.74, 6) is -0.774. The Kier molecular flexibility index (Phi) is 4.74. The van der Waals surface area contributed by atoms with E-state index in [9.17, 15) is 14.7 Å². The summed E-state index contributed by atoms with van der Waals surface area (Å²) in [5, 5.41) is 15.1. The van der Waals surface area contributed by atoms with Gasteiger partial charge in [-0.05, 0) is 30.5 Å². The highest BCUT2D eigenvalue weighted by Gasteiger charge is 2.23. The van der Waals surface area contributed by atoms with Gasteiger partial charge < -0.3 is 15.7 Å². The van der Waals surface area contributed by atoms with E-state index in [0.717, 1.165) is 24.2 Å². The minimum Gasteiger partial charge on any atom is -0.480 e. The van der Waals surface area contributed by atoms with E-state index < -0.39 is 17.9 Å². The van der Waals surface area contributed by atoms with Crippen LogP contribution in [0.25, 0.3) is 0 Å². The zero-order valence-corrected chi connectivity index (χ0v) is 13.1. The molecule has 6 nitrogen and oxygen atoms in total. The van der Waals surface area contributed by atoms with Crippen molar-refractivity contribution in [3.63, 3.8) is 0 Å². The number of hydrogen-bond acceptors (Lipinski definition) is 4. The van der Waals surface area contributed by atoms with Crippen molar-refractivity contribution in [2.75, 3.05) is 5.32 Å². The molecule has 124 valence electrons. The van der Waals surface area contributed by atoms with Crippen LogP contribution in [0.2, 0.25) is 0 Å². The Bertz CT molecular complexity index is 712. The fourth-order valence-electron chi connectivity index (χ4n) is 2.34. The minimum atomic E-state index is -1.06. The smallest absolute Gasteiger partial charge is 0.326 e. The van der Waals surface area contributed by atoms with Crippen LogP contribution in [-0.4, -0.2) is 34.1 Å². The van der Waals surface area contributed by atoms with Gasteiger partial charge in [0, 0.05) is 18.7 Å². The predicted octanol–water partition coefficient (Wildman–Crippen LogP) is 2.08. The summed E-state index contributed by atoms with van der Waals surface area (Å²) >= 11 is 0. The molecule has 24 heavy (non-hydrogen) atoms. The lowest BCUT2D eigenvalue weighted by Crippen LogP contribution is -2.42. The van der Waals surface area contributed by atoms with Crippen molar-refractivity contribution < 1.29 is 14.7 Å². The van der Waals surface area contributed by atoms with E-state index in [-0.39, 0.29) is 6.42 Å². The van der Waals surface area contributed by atoms with Crippen LogP contribution in [-0.2, 0) is 11.2 Å². The Hall–Kier alpha value is -2.89. The third-order valence-corrected chi connectivity index (χ3v) is 3.84. The van der Waals surface area contributed by atoms with Gasteiger partial charge in [0.2, 0.25) is 0 Å². The molecule has 1 saturated carbocycles. The molecule has 2 aromatic rings. The monoisotopic (exact) mass is 325 g/mol. The SMILES string of the molecule is O=C(N[C@@H](Cc1ccccc1)C(=O)O)c1ccc(NC2CC2)nc1.